The van der Waals surface area contributed by atoms with E-state index in [4.69, 9.17) is 9.16 Å². The molecule has 0 aromatic carbocycles. The molecule has 3 heteroatoms. The van der Waals surface area contributed by atoms with E-state index in [1.165, 1.54) is 6.42 Å². The van der Waals surface area contributed by atoms with Crippen molar-refractivity contribution in [1.29, 1.82) is 0 Å². The summed E-state index contributed by atoms with van der Waals surface area (Å²) in [5.74, 6) is 0. The molecular weight excluding hydrogens is 204 g/mol. The lowest BCUT2D eigenvalue weighted by Crippen LogP contribution is -2.42. The van der Waals surface area contributed by atoms with Gasteiger partial charge in [0.25, 0.3) is 0 Å². The van der Waals surface area contributed by atoms with Crippen molar-refractivity contribution in [2.24, 2.45) is 0 Å². The predicted octanol–water partition coefficient (Wildman–Crippen LogP) is 3.58. The van der Waals surface area contributed by atoms with Crippen LogP contribution in [-0.4, -0.2) is 27.1 Å². The molecule has 15 heavy (non-hydrogen) atoms. The Kier molecular flexibility index (Phi) is 4.01. The molecule has 1 aliphatic rings. The Morgan fingerprint density at radius 3 is 2.27 bits per heavy atom. The van der Waals surface area contributed by atoms with Crippen molar-refractivity contribution in [3.05, 3.63) is 0 Å². The predicted molar refractivity (Wildman–Crippen MR) is 66.7 cm³/mol. The smallest absolute Gasteiger partial charge is 0.192 e. The standard InChI is InChI=1S/C12H26O2Si/c1-10-7-8-11(14-10)9-13-15(5,6)12(2,3)4/h10-11H,7-9H2,1-6H3. The largest absolute Gasteiger partial charge is 0.414 e. The van der Waals surface area contributed by atoms with Crippen molar-refractivity contribution in [1.82, 2.24) is 0 Å². The van der Waals surface area contributed by atoms with Gasteiger partial charge in [-0.25, -0.2) is 0 Å². The molecule has 1 rings (SSSR count). The van der Waals surface area contributed by atoms with Crippen LogP contribution in [0, 0.1) is 0 Å². The van der Waals surface area contributed by atoms with Gasteiger partial charge in [-0.3, -0.25) is 0 Å². The summed E-state index contributed by atoms with van der Waals surface area (Å²) in [4.78, 5) is 0. The van der Waals surface area contributed by atoms with Gasteiger partial charge in [0.2, 0.25) is 0 Å². The molecule has 0 bridgehead atoms. The van der Waals surface area contributed by atoms with Crippen molar-refractivity contribution >= 4 is 8.32 Å². The van der Waals surface area contributed by atoms with Crippen LogP contribution in [0.25, 0.3) is 0 Å². The molecule has 0 amide bonds. The van der Waals surface area contributed by atoms with Gasteiger partial charge in [-0.2, -0.15) is 0 Å². The fourth-order valence-corrected chi connectivity index (χ4v) is 2.56. The second-order valence-electron chi connectivity index (χ2n) is 6.22. The number of hydrogen-bond acceptors (Lipinski definition) is 2. The second-order valence-corrected chi connectivity index (χ2v) is 11.0. The summed E-state index contributed by atoms with van der Waals surface area (Å²) in [6.45, 7) is 14.4. The highest BCUT2D eigenvalue weighted by Crippen LogP contribution is 2.37. The van der Waals surface area contributed by atoms with E-state index in [-0.39, 0.29) is 0 Å². The van der Waals surface area contributed by atoms with Crippen LogP contribution in [0.15, 0.2) is 0 Å². The molecule has 0 aromatic rings. The van der Waals surface area contributed by atoms with Crippen molar-refractivity contribution < 1.29 is 9.16 Å². The molecule has 90 valence electrons. The fourth-order valence-electron chi connectivity index (χ4n) is 1.53. The lowest BCUT2D eigenvalue weighted by Gasteiger charge is -2.36. The van der Waals surface area contributed by atoms with Gasteiger partial charge in [-0.15, -0.1) is 0 Å². The van der Waals surface area contributed by atoms with Crippen LogP contribution < -0.4 is 0 Å². The zero-order chi connectivity index (χ0) is 11.7. The second kappa shape index (κ2) is 4.56. The maximum atomic E-state index is 6.14. The van der Waals surface area contributed by atoms with E-state index in [0.717, 1.165) is 13.0 Å². The summed E-state index contributed by atoms with van der Waals surface area (Å²) in [6.07, 6.45) is 3.12. The maximum absolute atomic E-state index is 6.14. The van der Waals surface area contributed by atoms with Gasteiger partial charge in [0, 0.05) is 0 Å². The van der Waals surface area contributed by atoms with E-state index >= 15 is 0 Å². The Bertz CT molecular complexity index is 208. The van der Waals surface area contributed by atoms with E-state index in [1.807, 2.05) is 0 Å². The normalized spacial score (nSPS) is 28.4. The summed E-state index contributed by atoms with van der Waals surface area (Å²) < 4.78 is 11.9. The van der Waals surface area contributed by atoms with Crippen LogP contribution in [0.3, 0.4) is 0 Å². The molecule has 1 saturated heterocycles. The van der Waals surface area contributed by atoms with Crippen LogP contribution in [0.2, 0.25) is 18.1 Å². The third kappa shape index (κ3) is 3.57. The van der Waals surface area contributed by atoms with E-state index in [9.17, 15) is 0 Å². The van der Waals surface area contributed by atoms with Gasteiger partial charge < -0.3 is 9.16 Å². The summed E-state index contributed by atoms with van der Waals surface area (Å²) in [7, 11) is -1.57. The van der Waals surface area contributed by atoms with Crippen LogP contribution in [-0.2, 0) is 9.16 Å². The van der Waals surface area contributed by atoms with Crippen LogP contribution in [0.5, 0.6) is 0 Å². The molecule has 0 radical (unpaired) electrons. The zero-order valence-corrected chi connectivity index (χ0v) is 12.1. The molecule has 1 heterocycles. The molecule has 0 aromatic heterocycles. The SMILES string of the molecule is CC1CCC(CO[Si](C)(C)C(C)(C)C)O1. The van der Waals surface area contributed by atoms with Gasteiger partial charge in [-0.1, -0.05) is 20.8 Å². The van der Waals surface area contributed by atoms with E-state index < -0.39 is 8.32 Å². The van der Waals surface area contributed by atoms with Gasteiger partial charge in [0.15, 0.2) is 8.32 Å². The van der Waals surface area contributed by atoms with Crippen molar-refractivity contribution in [2.75, 3.05) is 6.61 Å². The van der Waals surface area contributed by atoms with E-state index in [2.05, 4.69) is 40.8 Å². The highest BCUT2D eigenvalue weighted by Gasteiger charge is 2.38. The average molecular weight is 230 g/mol. The first-order valence-electron chi connectivity index (χ1n) is 6.02. The van der Waals surface area contributed by atoms with Crippen LogP contribution in [0.1, 0.15) is 40.5 Å². The molecule has 2 atom stereocenters. The average Bonchev–Trinajstić information content (AvgIpc) is 2.46. The molecule has 0 spiro atoms. The van der Waals surface area contributed by atoms with Gasteiger partial charge in [-0.05, 0) is 37.9 Å². The third-order valence-corrected chi connectivity index (χ3v) is 8.26. The topological polar surface area (TPSA) is 18.5 Å². The lowest BCUT2D eigenvalue weighted by molar-refractivity contribution is 0.0230. The summed E-state index contributed by atoms with van der Waals surface area (Å²) in [5, 5.41) is 0.303. The molecule has 2 unspecified atom stereocenters. The fraction of sp³-hybridized carbons (Fsp3) is 1.00. The van der Waals surface area contributed by atoms with Gasteiger partial charge in [0.05, 0.1) is 18.8 Å². The minimum absolute atomic E-state index is 0.303. The maximum Gasteiger partial charge on any atom is 0.192 e. The highest BCUT2D eigenvalue weighted by molar-refractivity contribution is 6.74. The molecule has 1 aliphatic heterocycles. The minimum Gasteiger partial charge on any atom is -0.414 e. The number of hydrogen-bond donors (Lipinski definition) is 0. The van der Waals surface area contributed by atoms with Crippen molar-refractivity contribution in [2.45, 2.75) is 70.9 Å². The van der Waals surface area contributed by atoms with E-state index in [0.29, 0.717) is 17.2 Å². The lowest BCUT2D eigenvalue weighted by atomic mass is 10.2. The van der Waals surface area contributed by atoms with Crippen molar-refractivity contribution in [3.8, 4) is 0 Å². The molecule has 0 N–H and O–H groups in total. The van der Waals surface area contributed by atoms with Crippen LogP contribution in [0.4, 0.5) is 0 Å². The Morgan fingerprint density at radius 1 is 1.27 bits per heavy atom. The zero-order valence-electron chi connectivity index (χ0n) is 11.1. The molecule has 0 aliphatic carbocycles. The Balaban J connectivity index is 2.36. The van der Waals surface area contributed by atoms with Gasteiger partial charge >= 0.3 is 0 Å². The summed E-state index contributed by atoms with van der Waals surface area (Å²) >= 11 is 0. The summed E-state index contributed by atoms with van der Waals surface area (Å²) in [6, 6.07) is 0. The first-order valence-corrected chi connectivity index (χ1v) is 8.92. The number of ether oxygens (including phenoxy) is 1. The van der Waals surface area contributed by atoms with Crippen LogP contribution >= 0.6 is 0 Å². The molecule has 0 saturated carbocycles. The number of rotatable bonds is 3. The van der Waals surface area contributed by atoms with Crippen molar-refractivity contribution in [3.63, 3.8) is 0 Å². The minimum atomic E-state index is -1.57. The Morgan fingerprint density at radius 2 is 1.87 bits per heavy atom. The van der Waals surface area contributed by atoms with Gasteiger partial charge in [0.1, 0.15) is 0 Å². The quantitative estimate of drug-likeness (QED) is 0.690. The first-order chi connectivity index (χ1) is 6.72. The first kappa shape index (κ1) is 13.2. The summed E-state index contributed by atoms with van der Waals surface area (Å²) in [5.41, 5.74) is 0. The molecule has 2 nitrogen and oxygen atoms in total. The molecule has 1 fully saturated rings. The Hall–Kier alpha value is 0.137. The highest BCUT2D eigenvalue weighted by atomic mass is 28.4. The Labute approximate surface area is 95.5 Å². The third-order valence-electron chi connectivity index (χ3n) is 3.76. The molecular formula is C12H26O2Si. The van der Waals surface area contributed by atoms with E-state index in [1.54, 1.807) is 0 Å². The monoisotopic (exact) mass is 230 g/mol.